The lowest BCUT2D eigenvalue weighted by molar-refractivity contribution is 0.308. The number of ether oxygens (including phenoxy) is 1. The maximum absolute atomic E-state index is 5.48. The third-order valence-electron chi connectivity index (χ3n) is 2.28. The second-order valence-electron chi connectivity index (χ2n) is 3.63. The molecule has 8 heteroatoms. The van der Waals surface area contributed by atoms with Crippen LogP contribution in [0.4, 0.5) is 5.95 Å². The Morgan fingerprint density at radius 3 is 2.58 bits per heavy atom. The van der Waals surface area contributed by atoms with E-state index < -0.39 is 0 Å². The van der Waals surface area contributed by atoms with Gasteiger partial charge in [0.05, 0.1) is 12.3 Å². The Hall–Kier alpha value is -1.83. The summed E-state index contributed by atoms with van der Waals surface area (Å²) in [6.45, 7) is 6.12. The topological polar surface area (TPSA) is 86.0 Å². The molecule has 0 amide bonds. The van der Waals surface area contributed by atoms with Gasteiger partial charge in [-0.2, -0.15) is 15.0 Å². The number of oxazole rings is 1. The van der Waals surface area contributed by atoms with Crippen molar-refractivity contribution in [2.45, 2.75) is 31.2 Å². The summed E-state index contributed by atoms with van der Waals surface area (Å²) >= 11 is 1.23. The number of anilines is 1. The van der Waals surface area contributed by atoms with Gasteiger partial charge in [0, 0.05) is 18.8 Å². The minimum absolute atomic E-state index is 0.282. The Balaban J connectivity index is 2.25. The fourth-order valence-electron chi connectivity index (χ4n) is 1.25. The molecule has 102 valence electrons. The molecule has 0 saturated carbocycles. The molecule has 2 heterocycles. The summed E-state index contributed by atoms with van der Waals surface area (Å²) < 4.78 is 10.8. The Bertz CT molecular complexity index is 553. The van der Waals surface area contributed by atoms with Crippen LogP contribution in [0, 0.1) is 13.8 Å². The lowest BCUT2D eigenvalue weighted by atomic mass is 10.4. The fourth-order valence-corrected chi connectivity index (χ4v) is 2.02. The van der Waals surface area contributed by atoms with Crippen molar-refractivity contribution in [2.24, 2.45) is 0 Å². The number of nitrogens with zero attached hydrogens (tertiary/aromatic N) is 4. The van der Waals surface area contributed by atoms with Crippen LogP contribution in [0.2, 0.25) is 0 Å². The zero-order chi connectivity index (χ0) is 13.8. The Morgan fingerprint density at radius 1 is 1.21 bits per heavy atom. The number of hydrogen-bond donors (Lipinski definition) is 1. The molecule has 19 heavy (non-hydrogen) atoms. The SMILES string of the molecule is CCOc1nc(NC)nc(Sc2nc(C)c(C)o2)n1. The maximum atomic E-state index is 5.48. The van der Waals surface area contributed by atoms with Crippen LogP contribution in [0.3, 0.4) is 0 Å². The van der Waals surface area contributed by atoms with E-state index in [9.17, 15) is 0 Å². The lowest BCUT2D eigenvalue weighted by Crippen LogP contribution is -2.04. The van der Waals surface area contributed by atoms with E-state index >= 15 is 0 Å². The second kappa shape index (κ2) is 5.87. The molecule has 0 atom stereocenters. The van der Waals surface area contributed by atoms with Crippen molar-refractivity contribution < 1.29 is 9.15 Å². The predicted molar refractivity (Wildman–Crippen MR) is 70.6 cm³/mol. The van der Waals surface area contributed by atoms with Crippen molar-refractivity contribution >= 4 is 17.7 Å². The van der Waals surface area contributed by atoms with E-state index in [4.69, 9.17) is 9.15 Å². The zero-order valence-electron chi connectivity index (χ0n) is 11.2. The molecule has 0 saturated heterocycles. The van der Waals surface area contributed by atoms with E-state index in [-0.39, 0.29) is 6.01 Å². The van der Waals surface area contributed by atoms with Crippen molar-refractivity contribution in [3.05, 3.63) is 11.5 Å². The first-order valence-electron chi connectivity index (χ1n) is 5.81. The molecule has 0 radical (unpaired) electrons. The monoisotopic (exact) mass is 281 g/mol. The van der Waals surface area contributed by atoms with Gasteiger partial charge in [0.15, 0.2) is 0 Å². The first kappa shape index (κ1) is 13.6. The van der Waals surface area contributed by atoms with Gasteiger partial charge in [-0.05, 0) is 20.8 Å². The van der Waals surface area contributed by atoms with E-state index in [1.54, 1.807) is 7.05 Å². The molecule has 1 N–H and O–H groups in total. The molecule has 7 nitrogen and oxygen atoms in total. The fraction of sp³-hybridized carbons (Fsp3) is 0.455. The minimum Gasteiger partial charge on any atom is -0.464 e. The van der Waals surface area contributed by atoms with Crippen LogP contribution >= 0.6 is 11.8 Å². The molecule has 0 aliphatic rings. The van der Waals surface area contributed by atoms with Gasteiger partial charge in [-0.15, -0.1) is 0 Å². The lowest BCUT2D eigenvalue weighted by Gasteiger charge is -2.04. The van der Waals surface area contributed by atoms with Gasteiger partial charge in [-0.25, -0.2) is 4.98 Å². The van der Waals surface area contributed by atoms with Crippen molar-refractivity contribution in [2.75, 3.05) is 19.0 Å². The average molecular weight is 281 g/mol. The number of rotatable bonds is 5. The number of hydrogen-bond acceptors (Lipinski definition) is 8. The molecule has 0 bridgehead atoms. The predicted octanol–water partition coefficient (Wildman–Crippen LogP) is 2.07. The molecule has 2 aromatic heterocycles. The Kier molecular flexibility index (Phi) is 4.20. The van der Waals surface area contributed by atoms with E-state index in [1.807, 2.05) is 20.8 Å². The van der Waals surface area contributed by atoms with E-state index in [0.29, 0.717) is 22.9 Å². The van der Waals surface area contributed by atoms with E-state index in [1.165, 1.54) is 11.8 Å². The molecule has 0 aliphatic carbocycles. The largest absolute Gasteiger partial charge is 0.464 e. The van der Waals surface area contributed by atoms with Crippen LogP contribution in [0.1, 0.15) is 18.4 Å². The summed E-state index contributed by atoms with van der Waals surface area (Å²) in [4.78, 5) is 16.8. The van der Waals surface area contributed by atoms with E-state index in [2.05, 4.69) is 25.3 Å². The van der Waals surface area contributed by atoms with Crippen LogP contribution in [0.15, 0.2) is 14.8 Å². The summed E-state index contributed by atoms with van der Waals surface area (Å²) in [7, 11) is 1.74. The molecule has 0 fully saturated rings. The van der Waals surface area contributed by atoms with Crippen LogP contribution in [0.25, 0.3) is 0 Å². The van der Waals surface area contributed by atoms with Crippen LogP contribution in [0.5, 0.6) is 6.01 Å². The van der Waals surface area contributed by atoms with Crippen molar-refractivity contribution in [1.29, 1.82) is 0 Å². The van der Waals surface area contributed by atoms with Crippen LogP contribution in [-0.2, 0) is 0 Å². The standard InChI is InChI=1S/C11H15N5O2S/c1-5-17-9-14-8(12-4)15-10(16-9)19-11-13-6(2)7(3)18-11/h5H2,1-4H3,(H,12,14,15,16). The van der Waals surface area contributed by atoms with Crippen molar-refractivity contribution in [1.82, 2.24) is 19.9 Å². The minimum atomic E-state index is 0.282. The molecule has 0 aromatic carbocycles. The third-order valence-corrected chi connectivity index (χ3v) is 2.99. The highest BCUT2D eigenvalue weighted by Gasteiger charge is 2.12. The molecule has 0 aliphatic heterocycles. The van der Waals surface area contributed by atoms with Crippen LogP contribution in [-0.4, -0.2) is 33.6 Å². The number of nitrogens with one attached hydrogen (secondary N) is 1. The van der Waals surface area contributed by atoms with Gasteiger partial charge < -0.3 is 14.5 Å². The van der Waals surface area contributed by atoms with E-state index in [0.717, 1.165) is 11.5 Å². The summed E-state index contributed by atoms with van der Waals surface area (Å²) in [6, 6.07) is 0.282. The number of aromatic nitrogens is 4. The van der Waals surface area contributed by atoms with Crippen LogP contribution < -0.4 is 10.1 Å². The number of aryl methyl sites for hydroxylation is 2. The zero-order valence-corrected chi connectivity index (χ0v) is 12.0. The highest BCUT2D eigenvalue weighted by atomic mass is 32.2. The summed E-state index contributed by atoms with van der Waals surface area (Å²) in [5.41, 5.74) is 0.857. The maximum Gasteiger partial charge on any atom is 0.322 e. The normalized spacial score (nSPS) is 10.5. The molecule has 2 rings (SSSR count). The Labute approximate surface area is 115 Å². The van der Waals surface area contributed by atoms with Gasteiger partial charge in [0.25, 0.3) is 5.22 Å². The molecular formula is C11H15N5O2S. The summed E-state index contributed by atoms with van der Waals surface area (Å²) in [5.74, 6) is 1.23. The summed E-state index contributed by atoms with van der Waals surface area (Å²) in [6.07, 6.45) is 0. The molecule has 0 spiro atoms. The Morgan fingerprint density at radius 2 is 2.00 bits per heavy atom. The molecule has 0 unspecified atom stereocenters. The van der Waals surface area contributed by atoms with Gasteiger partial charge in [-0.1, -0.05) is 0 Å². The molecule has 2 aromatic rings. The average Bonchev–Trinajstić information content (AvgIpc) is 2.68. The highest BCUT2D eigenvalue weighted by molar-refractivity contribution is 7.98. The quantitative estimate of drug-likeness (QED) is 0.891. The highest BCUT2D eigenvalue weighted by Crippen LogP contribution is 2.27. The smallest absolute Gasteiger partial charge is 0.322 e. The second-order valence-corrected chi connectivity index (χ2v) is 4.55. The first-order chi connectivity index (χ1) is 9.12. The van der Waals surface area contributed by atoms with Crippen molar-refractivity contribution in [3.8, 4) is 6.01 Å². The van der Waals surface area contributed by atoms with Crippen molar-refractivity contribution in [3.63, 3.8) is 0 Å². The summed E-state index contributed by atoms with van der Waals surface area (Å²) in [5, 5.41) is 3.84. The third kappa shape index (κ3) is 3.34. The van der Waals surface area contributed by atoms with Gasteiger partial charge in [-0.3, -0.25) is 0 Å². The molecular weight excluding hydrogens is 266 g/mol. The van der Waals surface area contributed by atoms with Gasteiger partial charge >= 0.3 is 6.01 Å². The van der Waals surface area contributed by atoms with Gasteiger partial charge in [0.1, 0.15) is 5.76 Å². The first-order valence-corrected chi connectivity index (χ1v) is 6.62. The van der Waals surface area contributed by atoms with Gasteiger partial charge in [0.2, 0.25) is 11.1 Å².